The summed E-state index contributed by atoms with van der Waals surface area (Å²) in [6.45, 7) is 0.764. The third-order valence-corrected chi connectivity index (χ3v) is 4.08. The highest BCUT2D eigenvalue weighted by Gasteiger charge is 2.08. The fraction of sp³-hybridized carbons (Fsp3) is 0.824. The minimum absolute atomic E-state index is 0.273. The fourth-order valence-corrected chi connectivity index (χ4v) is 2.83. The summed E-state index contributed by atoms with van der Waals surface area (Å²) in [4.78, 5) is 11.0. The summed E-state index contributed by atoms with van der Waals surface area (Å²) >= 11 is 0. The van der Waals surface area contributed by atoms with Gasteiger partial charge in [0.25, 0.3) is 0 Å². The van der Waals surface area contributed by atoms with Crippen LogP contribution in [0, 0.1) is 0 Å². The quantitative estimate of drug-likeness (QED) is 0.626. The van der Waals surface area contributed by atoms with Crippen LogP contribution in [-0.4, -0.2) is 25.7 Å². The van der Waals surface area contributed by atoms with Gasteiger partial charge in [0.1, 0.15) is 0 Å². The first kappa shape index (κ1) is 17.2. The van der Waals surface area contributed by atoms with Crippen LogP contribution in [0.3, 0.4) is 0 Å². The number of carbonyl (C=O) groups excluding carboxylic acids is 1. The zero-order valence-corrected chi connectivity index (χ0v) is 13.0. The Hall–Kier alpha value is -0.830. The highest BCUT2D eigenvalue weighted by Crippen LogP contribution is 2.16. The summed E-state index contributed by atoms with van der Waals surface area (Å²) in [7, 11) is 1.41. The Morgan fingerprint density at radius 3 is 2.00 bits per heavy atom. The third kappa shape index (κ3) is 9.13. The molecular formula is C17H31NO2. The lowest BCUT2D eigenvalue weighted by Crippen LogP contribution is -2.29. The normalized spacial score (nSPS) is 20.2. The number of ether oxygens (including phenoxy) is 1. The number of esters is 1. The van der Waals surface area contributed by atoms with Gasteiger partial charge >= 0.3 is 5.97 Å². The summed E-state index contributed by atoms with van der Waals surface area (Å²) in [5.41, 5.74) is 0. The van der Waals surface area contributed by atoms with Crippen molar-refractivity contribution in [1.82, 2.24) is 5.32 Å². The zero-order chi connectivity index (χ0) is 14.5. The van der Waals surface area contributed by atoms with Gasteiger partial charge in [-0.2, -0.15) is 0 Å². The molecule has 0 atom stereocenters. The topological polar surface area (TPSA) is 38.3 Å². The molecule has 0 amide bonds. The van der Waals surface area contributed by atoms with E-state index < -0.39 is 0 Å². The number of rotatable bonds is 4. The van der Waals surface area contributed by atoms with Crippen LogP contribution in [0.15, 0.2) is 12.2 Å². The number of hydrogen-bond acceptors (Lipinski definition) is 3. The molecule has 3 heteroatoms. The maximum Gasteiger partial charge on any atom is 0.330 e. The minimum Gasteiger partial charge on any atom is -0.466 e. The van der Waals surface area contributed by atoms with Gasteiger partial charge in [-0.05, 0) is 12.8 Å². The average molecular weight is 281 g/mol. The molecule has 0 aromatic carbocycles. The third-order valence-electron chi connectivity index (χ3n) is 4.08. The lowest BCUT2D eigenvalue weighted by molar-refractivity contribution is -0.134. The van der Waals surface area contributed by atoms with E-state index in [0.717, 1.165) is 6.54 Å². The Bertz CT molecular complexity index is 264. The molecule has 1 saturated carbocycles. The first-order chi connectivity index (χ1) is 9.83. The zero-order valence-electron chi connectivity index (χ0n) is 13.0. The van der Waals surface area contributed by atoms with Gasteiger partial charge in [-0.1, -0.05) is 63.9 Å². The van der Waals surface area contributed by atoms with Gasteiger partial charge in [-0.25, -0.2) is 4.79 Å². The molecule has 116 valence electrons. The molecule has 0 aliphatic heterocycles. The van der Waals surface area contributed by atoms with Crippen molar-refractivity contribution in [1.29, 1.82) is 0 Å². The molecular weight excluding hydrogens is 250 g/mol. The summed E-state index contributed by atoms with van der Waals surface area (Å²) in [6.07, 6.45) is 18.4. The Balaban J connectivity index is 2.24. The van der Waals surface area contributed by atoms with E-state index in [1.807, 2.05) is 6.08 Å². The molecule has 0 unspecified atom stereocenters. The summed E-state index contributed by atoms with van der Waals surface area (Å²) in [5.74, 6) is -0.273. The molecule has 1 aliphatic carbocycles. The van der Waals surface area contributed by atoms with Crippen LogP contribution in [0.1, 0.15) is 70.6 Å². The monoisotopic (exact) mass is 281 g/mol. The molecule has 0 spiro atoms. The molecule has 0 heterocycles. The van der Waals surface area contributed by atoms with Crippen LogP contribution in [0.2, 0.25) is 0 Å². The predicted octanol–water partition coefficient (Wildman–Crippen LogP) is 3.98. The molecule has 1 aliphatic rings. The number of methoxy groups -OCH3 is 1. The van der Waals surface area contributed by atoms with Crippen molar-refractivity contribution < 1.29 is 9.53 Å². The van der Waals surface area contributed by atoms with Gasteiger partial charge in [0.2, 0.25) is 0 Å². The number of carbonyl (C=O) groups is 1. The smallest absolute Gasteiger partial charge is 0.330 e. The molecule has 0 radical (unpaired) electrons. The molecule has 1 N–H and O–H groups in total. The molecule has 3 nitrogen and oxygen atoms in total. The highest BCUT2D eigenvalue weighted by atomic mass is 16.5. The second kappa shape index (κ2) is 12.0. The lowest BCUT2D eigenvalue weighted by Gasteiger charge is -2.18. The first-order valence-corrected chi connectivity index (χ1v) is 8.31. The van der Waals surface area contributed by atoms with Crippen LogP contribution >= 0.6 is 0 Å². The number of hydrogen-bond donors (Lipinski definition) is 1. The SMILES string of the molecule is COC(=O)C=CCNC1CCCCCCCCCCC1. The van der Waals surface area contributed by atoms with Crippen molar-refractivity contribution in [2.75, 3.05) is 13.7 Å². The van der Waals surface area contributed by atoms with E-state index in [4.69, 9.17) is 0 Å². The molecule has 0 bridgehead atoms. The summed E-state index contributed by atoms with van der Waals surface area (Å²) < 4.78 is 4.58. The van der Waals surface area contributed by atoms with E-state index in [0.29, 0.717) is 6.04 Å². The van der Waals surface area contributed by atoms with Crippen LogP contribution in [0.25, 0.3) is 0 Å². The molecule has 0 aromatic rings. The Morgan fingerprint density at radius 1 is 1.00 bits per heavy atom. The Morgan fingerprint density at radius 2 is 1.50 bits per heavy atom. The summed E-state index contributed by atoms with van der Waals surface area (Å²) in [5, 5.41) is 3.56. The largest absolute Gasteiger partial charge is 0.466 e. The van der Waals surface area contributed by atoms with Gasteiger partial charge in [0.05, 0.1) is 7.11 Å². The van der Waals surface area contributed by atoms with Crippen LogP contribution in [0.4, 0.5) is 0 Å². The van der Waals surface area contributed by atoms with E-state index in [2.05, 4.69) is 10.1 Å². The fourth-order valence-electron chi connectivity index (χ4n) is 2.83. The first-order valence-electron chi connectivity index (χ1n) is 8.31. The standard InChI is InChI=1S/C17H31NO2/c1-20-17(19)14-11-15-18-16-12-9-7-5-3-2-4-6-8-10-13-16/h11,14,16,18H,2-10,12-13,15H2,1H3. The Kier molecular flexibility index (Phi) is 10.3. The van der Waals surface area contributed by atoms with E-state index in [-0.39, 0.29) is 5.97 Å². The maximum atomic E-state index is 11.0. The van der Waals surface area contributed by atoms with E-state index in [1.165, 1.54) is 83.8 Å². The van der Waals surface area contributed by atoms with Crippen molar-refractivity contribution in [3.05, 3.63) is 12.2 Å². The molecule has 0 aromatic heterocycles. The van der Waals surface area contributed by atoms with Crippen LogP contribution < -0.4 is 5.32 Å². The molecule has 1 fully saturated rings. The van der Waals surface area contributed by atoms with Crippen molar-refractivity contribution in [2.45, 2.75) is 76.7 Å². The minimum atomic E-state index is -0.273. The number of nitrogens with one attached hydrogen (secondary N) is 1. The van der Waals surface area contributed by atoms with Crippen LogP contribution in [-0.2, 0) is 9.53 Å². The van der Waals surface area contributed by atoms with E-state index in [1.54, 1.807) is 0 Å². The molecule has 0 saturated heterocycles. The average Bonchev–Trinajstić information content (AvgIpc) is 2.45. The van der Waals surface area contributed by atoms with Crippen molar-refractivity contribution in [3.8, 4) is 0 Å². The van der Waals surface area contributed by atoms with E-state index in [9.17, 15) is 4.79 Å². The maximum absolute atomic E-state index is 11.0. The molecule has 20 heavy (non-hydrogen) atoms. The predicted molar refractivity (Wildman–Crippen MR) is 83.7 cm³/mol. The van der Waals surface area contributed by atoms with Gasteiger partial charge < -0.3 is 10.1 Å². The molecule has 1 rings (SSSR count). The van der Waals surface area contributed by atoms with E-state index >= 15 is 0 Å². The van der Waals surface area contributed by atoms with Crippen molar-refractivity contribution in [3.63, 3.8) is 0 Å². The van der Waals surface area contributed by atoms with Gasteiger partial charge in [-0.15, -0.1) is 0 Å². The Labute approximate surface area is 124 Å². The lowest BCUT2D eigenvalue weighted by atomic mass is 9.98. The van der Waals surface area contributed by atoms with Gasteiger partial charge in [0.15, 0.2) is 0 Å². The van der Waals surface area contributed by atoms with Crippen LogP contribution in [0.5, 0.6) is 0 Å². The highest BCUT2D eigenvalue weighted by molar-refractivity contribution is 5.81. The van der Waals surface area contributed by atoms with Crippen molar-refractivity contribution in [2.24, 2.45) is 0 Å². The summed E-state index contributed by atoms with van der Waals surface area (Å²) in [6, 6.07) is 0.608. The van der Waals surface area contributed by atoms with Crippen molar-refractivity contribution >= 4 is 5.97 Å². The van der Waals surface area contributed by atoms with Gasteiger partial charge in [0, 0.05) is 18.7 Å². The second-order valence-corrected chi connectivity index (χ2v) is 5.79. The van der Waals surface area contributed by atoms with Gasteiger partial charge in [-0.3, -0.25) is 0 Å². The second-order valence-electron chi connectivity index (χ2n) is 5.79.